The van der Waals surface area contributed by atoms with Crippen LogP contribution < -0.4 is 26.7 Å². The van der Waals surface area contributed by atoms with E-state index in [4.69, 9.17) is 30.6 Å². The van der Waals surface area contributed by atoms with Gasteiger partial charge in [-0.3, -0.25) is 33.0 Å². The van der Waals surface area contributed by atoms with E-state index in [2.05, 4.69) is 63.9 Å². The number of rotatable bonds is 52. The van der Waals surface area contributed by atoms with E-state index in [0.29, 0.717) is 61.6 Å². The Bertz CT molecular complexity index is 2900. The smallest absolute Gasteiger partial charge is 0.472 e. The largest absolute Gasteiger partial charge is 0.508 e. The molecule has 0 radical (unpaired) electrons. The Balaban J connectivity index is 0.000000499. The maximum Gasteiger partial charge on any atom is 0.472 e. The van der Waals surface area contributed by atoms with Crippen LogP contribution in [0.3, 0.4) is 0 Å². The number of amides is 2. The van der Waals surface area contributed by atoms with Crippen LogP contribution in [0.25, 0.3) is 33.4 Å². The molecule has 2 amide bonds. The Kier molecular flexibility index (Phi) is 45.8. The number of aryl methyl sites for hydroxylation is 1. The van der Waals surface area contributed by atoms with Crippen molar-refractivity contribution in [3.63, 3.8) is 0 Å². The highest BCUT2D eigenvalue weighted by molar-refractivity contribution is 7.80. The fraction of sp³-hybridized carbons (Fsp3) is 0.627. The van der Waals surface area contributed by atoms with Crippen LogP contribution in [-0.2, 0) is 42.3 Å². The van der Waals surface area contributed by atoms with Crippen LogP contribution in [0.1, 0.15) is 258 Å². The third-order valence-electron chi connectivity index (χ3n) is 16.0. The molecule has 0 aromatic heterocycles. The molecule has 1 heterocycles. The van der Waals surface area contributed by atoms with Crippen LogP contribution in [0.15, 0.2) is 88.1 Å². The van der Waals surface area contributed by atoms with Gasteiger partial charge >= 0.3 is 19.8 Å². The van der Waals surface area contributed by atoms with Crippen LogP contribution >= 0.6 is 20.0 Å². The predicted octanol–water partition coefficient (Wildman–Crippen LogP) is 18.5. The number of ether oxygens (including phenoxy) is 2. The molecule has 4 rings (SSSR count). The normalized spacial score (nSPS) is 12.4. The average Bonchev–Trinajstić information content (AvgIpc) is 0.755. The Morgan fingerprint density at radius 2 is 1.07 bits per heavy atom. The summed E-state index contributed by atoms with van der Waals surface area (Å²) in [5.41, 5.74) is 4.81. The van der Waals surface area contributed by atoms with E-state index in [9.17, 15) is 38.5 Å². The molecule has 526 valence electrons. The number of hydrogen-bond acceptors (Lipinski definition) is 13. The number of anilines is 1. The molecule has 0 saturated heterocycles. The van der Waals surface area contributed by atoms with Crippen LogP contribution in [0, 0.1) is 6.92 Å². The molecular weight excluding hydrogens is 1230 g/mol. The minimum Gasteiger partial charge on any atom is -0.508 e. The van der Waals surface area contributed by atoms with Crippen molar-refractivity contribution in [1.82, 2.24) is 16.0 Å². The molecule has 94 heavy (non-hydrogen) atoms. The first-order valence-corrected chi connectivity index (χ1v) is 37.6. The molecule has 1 aliphatic heterocycles. The number of hydrogen-bond donors (Lipinski definition) is 6. The molecule has 2 aromatic carbocycles. The Hall–Kier alpha value is -5.91. The molecule has 19 heteroatoms. The lowest BCUT2D eigenvalue weighted by Gasteiger charge is -2.18. The van der Waals surface area contributed by atoms with Gasteiger partial charge < -0.3 is 45.2 Å². The third-order valence-corrected chi connectivity index (χ3v) is 17.4. The molecule has 6 N–H and O–H groups in total. The van der Waals surface area contributed by atoms with Crippen molar-refractivity contribution in [1.29, 1.82) is 0 Å². The second-order valence-electron chi connectivity index (χ2n) is 24.6. The van der Waals surface area contributed by atoms with Crippen LogP contribution in [0.4, 0.5) is 5.69 Å². The Morgan fingerprint density at radius 1 is 0.574 bits per heavy atom. The number of phosphoric ester groups is 1. The molecule has 0 fully saturated rings. The fourth-order valence-corrected chi connectivity index (χ4v) is 11.7. The standard InChI is InChI=1S/C39H72O4.C36H45N4O9PS/c1-4-6-8-10-12-14-16-18-20-22-24-26-28-30-32-34-38(40)42-36-37(3)43-39(41)35-33-31-29-27-25-23-21-19-17-15-13-11-9-7-5-2;1-3-47-50(45,46)48-20-19-38-34(44)10-6-5-9-33(43)37-17-7-4-8-18-39-36(51)40-25-11-14-28(24(2)21-25)35-29-15-12-26(41)22-31(29)49-32-23-27(42)13-16-30(32)35/h18-21,37H,4-17,22-36H2,1-3H3;11-16,21-23,41H,3-10,17-20H2,1-2H3,(H,37,43)(H,38,44)(H,45,46)(H2,39,40,51)/b20-18-,21-19-;. The number of nitrogens with one attached hydrogen (secondary N) is 4. The molecule has 17 nitrogen and oxygen atoms in total. The van der Waals surface area contributed by atoms with E-state index in [1.807, 2.05) is 31.2 Å². The summed E-state index contributed by atoms with van der Waals surface area (Å²) in [4.78, 5) is 69.4. The second kappa shape index (κ2) is 52.3. The molecule has 2 aliphatic rings. The zero-order valence-corrected chi connectivity index (χ0v) is 59.5. The van der Waals surface area contributed by atoms with Gasteiger partial charge in [0.05, 0.1) is 13.2 Å². The van der Waals surface area contributed by atoms with Gasteiger partial charge in [0.15, 0.2) is 10.5 Å². The number of allylic oxidation sites excluding steroid dienone is 4. The van der Waals surface area contributed by atoms with E-state index < -0.39 is 7.82 Å². The summed E-state index contributed by atoms with van der Waals surface area (Å²) in [5, 5.41) is 23.3. The number of fused-ring (bicyclic) bond motifs is 2. The summed E-state index contributed by atoms with van der Waals surface area (Å²) in [6.07, 6.45) is 46.5. The van der Waals surface area contributed by atoms with Gasteiger partial charge in [-0.25, -0.2) is 4.57 Å². The summed E-state index contributed by atoms with van der Waals surface area (Å²) in [6, 6.07) is 15.7. The van der Waals surface area contributed by atoms with E-state index >= 15 is 0 Å². The van der Waals surface area contributed by atoms with Gasteiger partial charge in [0.2, 0.25) is 11.8 Å². The van der Waals surface area contributed by atoms with Gasteiger partial charge in [-0.15, -0.1) is 0 Å². The fourth-order valence-electron chi connectivity index (χ4n) is 10.8. The summed E-state index contributed by atoms with van der Waals surface area (Å²) in [7, 11) is -4.06. The molecule has 0 spiro atoms. The van der Waals surface area contributed by atoms with E-state index in [1.54, 1.807) is 32.0 Å². The lowest BCUT2D eigenvalue weighted by atomic mass is 9.91. The minimum atomic E-state index is -4.06. The van der Waals surface area contributed by atoms with E-state index in [1.165, 1.54) is 153 Å². The lowest BCUT2D eigenvalue weighted by Crippen LogP contribution is -2.29. The number of phosphoric acid groups is 1. The van der Waals surface area contributed by atoms with Gasteiger partial charge in [-0.1, -0.05) is 147 Å². The van der Waals surface area contributed by atoms with E-state index in [0.717, 1.165) is 78.3 Å². The number of phenolic OH excluding ortho intramolecular Hbond substituents is 1. The van der Waals surface area contributed by atoms with Crippen LogP contribution in [0.2, 0.25) is 0 Å². The Morgan fingerprint density at radius 3 is 1.64 bits per heavy atom. The number of benzene rings is 3. The van der Waals surface area contributed by atoms with Crippen molar-refractivity contribution in [2.24, 2.45) is 0 Å². The minimum absolute atomic E-state index is 0.0468. The number of aromatic hydroxyl groups is 1. The second-order valence-corrected chi connectivity index (χ2v) is 26.4. The molecule has 0 bridgehead atoms. The number of carbonyl (C=O) groups excluding carboxylic acids is 4. The maximum atomic E-state index is 12.1. The van der Waals surface area contributed by atoms with E-state index in [-0.39, 0.29) is 73.8 Å². The number of unbranched alkanes of at least 4 members (excludes halogenated alkanes) is 25. The predicted molar refractivity (Wildman–Crippen MR) is 386 cm³/mol. The highest BCUT2D eigenvalue weighted by Gasteiger charge is 2.21. The van der Waals surface area contributed by atoms with Crippen molar-refractivity contribution in [2.75, 3.05) is 44.8 Å². The lowest BCUT2D eigenvalue weighted by molar-refractivity contribution is -0.158. The SMILES string of the molecule is CCCCCCCC/C=C\CCCCCCCC(=O)OCC(C)OC(=O)CCCCCCC/C=C\CCCCCCCC.CCOP(=O)(O)OCCNC(=O)CCCCC(=O)NCCCCCNC(=S)Nc1ccc(-c2c3ccc(=O)cc-3oc3cc(O)ccc23)c(C)c1. The molecule has 2 atom stereocenters. The quantitative estimate of drug-likeness (QED) is 0.00601. The van der Waals surface area contributed by atoms with Crippen molar-refractivity contribution < 1.29 is 56.7 Å². The van der Waals surface area contributed by atoms with Gasteiger partial charge in [-0.05, 0) is 177 Å². The van der Waals surface area contributed by atoms with Crippen LogP contribution in [0.5, 0.6) is 5.75 Å². The monoisotopic (exact) mass is 1340 g/mol. The van der Waals surface area contributed by atoms with Crippen LogP contribution in [-0.4, -0.2) is 84.4 Å². The number of esters is 2. The summed E-state index contributed by atoms with van der Waals surface area (Å²) in [5.74, 6) is -0.111. The van der Waals surface area contributed by atoms with Crippen molar-refractivity contribution in [3.05, 3.63) is 94.7 Å². The highest BCUT2D eigenvalue weighted by atomic mass is 32.1. The number of thiocarbonyl (C=S) groups is 1. The van der Waals surface area contributed by atoms with Crippen molar-refractivity contribution in [3.8, 4) is 28.2 Å². The molecule has 2 aromatic rings. The molecule has 1 aliphatic carbocycles. The highest BCUT2D eigenvalue weighted by Crippen LogP contribution is 2.43. The van der Waals surface area contributed by atoms with Gasteiger partial charge in [0, 0.05) is 79.7 Å². The zero-order chi connectivity index (χ0) is 68.3. The van der Waals surface area contributed by atoms with Crippen molar-refractivity contribution >= 4 is 65.6 Å². The number of phenols is 1. The maximum absolute atomic E-state index is 12.1. The van der Waals surface area contributed by atoms with Gasteiger partial charge in [0.25, 0.3) is 0 Å². The number of carbonyl (C=O) groups is 4. The van der Waals surface area contributed by atoms with Gasteiger partial charge in [0.1, 0.15) is 29.8 Å². The first-order chi connectivity index (χ1) is 45.5. The molecular formula is C75H117N4O13PS. The summed E-state index contributed by atoms with van der Waals surface area (Å²) < 4.78 is 37.4. The molecule has 0 saturated carbocycles. The van der Waals surface area contributed by atoms with Crippen molar-refractivity contribution in [2.45, 2.75) is 265 Å². The first-order valence-electron chi connectivity index (χ1n) is 35.7. The summed E-state index contributed by atoms with van der Waals surface area (Å²) >= 11 is 5.51. The first kappa shape index (κ1) is 82.3. The topological polar surface area (TPSA) is 241 Å². The average molecular weight is 1350 g/mol. The molecule has 2 unspecified atom stereocenters. The van der Waals surface area contributed by atoms with Gasteiger partial charge in [-0.2, -0.15) is 0 Å². The Labute approximate surface area is 568 Å². The third kappa shape index (κ3) is 39.8. The zero-order valence-electron chi connectivity index (χ0n) is 57.8. The summed E-state index contributed by atoms with van der Waals surface area (Å²) in [6.45, 7) is 11.3.